The number of aryl methyl sites for hydroxylation is 2. The van der Waals surface area contributed by atoms with Crippen LogP contribution in [0.25, 0.3) is 33.4 Å². The topological polar surface area (TPSA) is 66.1 Å². The van der Waals surface area contributed by atoms with Crippen molar-refractivity contribution in [2.24, 2.45) is 14.1 Å². The van der Waals surface area contributed by atoms with Gasteiger partial charge in [0.15, 0.2) is 5.65 Å². The summed E-state index contributed by atoms with van der Waals surface area (Å²) in [5.41, 5.74) is 3.92. The number of rotatable bonds is 3. The van der Waals surface area contributed by atoms with E-state index in [2.05, 4.69) is 4.98 Å². The predicted molar refractivity (Wildman–Crippen MR) is 114 cm³/mol. The maximum absolute atomic E-state index is 13.0. The van der Waals surface area contributed by atoms with E-state index >= 15 is 0 Å². The maximum Gasteiger partial charge on any atom is 0.332 e. The number of fused-ring (bicyclic) bond motifs is 1. The highest BCUT2D eigenvalue weighted by atomic mass is 16.5. The molecule has 0 aliphatic heterocycles. The lowest BCUT2D eigenvalue weighted by molar-refractivity contribution is 0.415. The zero-order valence-corrected chi connectivity index (χ0v) is 16.8. The number of benzene rings is 2. The molecule has 0 spiro atoms. The van der Waals surface area contributed by atoms with Gasteiger partial charge in [-0.2, -0.15) is 0 Å². The Kier molecular flexibility index (Phi) is 4.54. The first-order valence-corrected chi connectivity index (χ1v) is 9.23. The minimum atomic E-state index is -0.406. The standard InChI is InChI=1S/C23H21N3O3/c1-14-5-7-15(8-6-14)18-13-19(16-9-11-17(29-4)12-10-16)24-21-20(18)22(27)26(3)23(28)25(21)2/h5-13H,1-4H3. The van der Waals surface area contributed by atoms with E-state index < -0.39 is 5.69 Å². The van der Waals surface area contributed by atoms with Crippen LogP contribution in [0.15, 0.2) is 64.2 Å². The third kappa shape index (κ3) is 3.12. The summed E-state index contributed by atoms with van der Waals surface area (Å²) in [5.74, 6) is 0.745. The van der Waals surface area contributed by atoms with Crippen LogP contribution in [0.5, 0.6) is 5.75 Å². The normalized spacial score (nSPS) is 11.0. The lowest BCUT2D eigenvalue weighted by Gasteiger charge is -2.14. The quantitative estimate of drug-likeness (QED) is 0.541. The fourth-order valence-corrected chi connectivity index (χ4v) is 3.43. The monoisotopic (exact) mass is 387 g/mol. The highest BCUT2D eigenvalue weighted by molar-refractivity contribution is 5.94. The van der Waals surface area contributed by atoms with Gasteiger partial charge in [0, 0.05) is 25.2 Å². The Bertz CT molecular complexity index is 1330. The van der Waals surface area contributed by atoms with Gasteiger partial charge in [0.25, 0.3) is 5.56 Å². The molecule has 4 rings (SSSR count). The first kappa shape index (κ1) is 18.7. The van der Waals surface area contributed by atoms with Gasteiger partial charge in [-0.25, -0.2) is 9.78 Å². The number of nitrogens with zero attached hydrogens (tertiary/aromatic N) is 3. The molecule has 0 atom stereocenters. The largest absolute Gasteiger partial charge is 0.497 e. The zero-order valence-electron chi connectivity index (χ0n) is 16.8. The fraction of sp³-hybridized carbons (Fsp3) is 0.174. The van der Waals surface area contributed by atoms with Crippen LogP contribution in [-0.4, -0.2) is 21.2 Å². The second-order valence-corrected chi connectivity index (χ2v) is 7.05. The SMILES string of the molecule is COc1ccc(-c2cc(-c3ccc(C)cc3)c3c(=O)n(C)c(=O)n(C)c3n2)cc1. The second kappa shape index (κ2) is 7.05. The summed E-state index contributed by atoms with van der Waals surface area (Å²) in [5, 5.41) is 0.427. The van der Waals surface area contributed by atoms with E-state index in [9.17, 15) is 9.59 Å². The number of pyridine rings is 1. The van der Waals surface area contributed by atoms with Crippen molar-refractivity contribution in [2.75, 3.05) is 7.11 Å². The first-order valence-electron chi connectivity index (χ1n) is 9.23. The Hall–Kier alpha value is -3.67. The van der Waals surface area contributed by atoms with E-state index in [0.29, 0.717) is 16.7 Å². The van der Waals surface area contributed by atoms with Gasteiger partial charge in [0.05, 0.1) is 18.2 Å². The summed E-state index contributed by atoms with van der Waals surface area (Å²) in [7, 11) is 4.73. The Morgan fingerprint density at radius 2 is 1.48 bits per heavy atom. The number of aromatic nitrogens is 3. The van der Waals surface area contributed by atoms with E-state index in [1.165, 1.54) is 11.6 Å². The molecule has 0 radical (unpaired) electrons. The van der Waals surface area contributed by atoms with Crippen molar-refractivity contribution >= 4 is 11.0 Å². The van der Waals surface area contributed by atoms with E-state index in [1.54, 1.807) is 14.2 Å². The van der Waals surface area contributed by atoms with Crippen molar-refractivity contribution in [3.05, 3.63) is 81.0 Å². The zero-order chi connectivity index (χ0) is 20.7. The average molecular weight is 387 g/mol. The predicted octanol–water partition coefficient (Wildman–Crippen LogP) is 3.28. The van der Waals surface area contributed by atoms with Gasteiger partial charge in [-0.1, -0.05) is 29.8 Å². The van der Waals surface area contributed by atoms with Crippen molar-refractivity contribution in [3.63, 3.8) is 0 Å². The molecule has 2 aromatic carbocycles. The molecular weight excluding hydrogens is 366 g/mol. The molecule has 0 amide bonds. The summed E-state index contributed by atoms with van der Waals surface area (Å²) in [4.78, 5) is 30.2. The van der Waals surface area contributed by atoms with Crippen LogP contribution in [0, 0.1) is 6.92 Å². The van der Waals surface area contributed by atoms with Gasteiger partial charge in [0.1, 0.15) is 5.75 Å². The van der Waals surface area contributed by atoms with Gasteiger partial charge >= 0.3 is 5.69 Å². The Morgan fingerprint density at radius 3 is 2.10 bits per heavy atom. The Balaban J connectivity index is 2.11. The molecule has 146 valence electrons. The molecule has 0 N–H and O–H groups in total. The lowest BCUT2D eigenvalue weighted by atomic mass is 9.99. The molecule has 6 heteroatoms. The molecule has 6 nitrogen and oxygen atoms in total. The molecule has 2 heterocycles. The Morgan fingerprint density at radius 1 is 0.862 bits per heavy atom. The van der Waals surface area contributed by atoms with Crippen LogP contribution in [0.1, 0.15) is 5.56 Å². The van der Waals surface area contributed by atoms with Gasteiger partial charge < -0.3 is 4.74 Å². The van der Waals surface area contributed by atoms with Gasteiger partial charge in [-0.05, 0) is 42.8 Å². The van der Waals surface area contributed by atoms with Crippen LogP contribution >= 0.6 is 0 Å². The van der Waals surface area contributed by atoms with Crippen molar-refractivity contribution < 1.29 is 4.74 Å². The Labute approximate surface area is 167 Å². The molecule has 0 unspecified atom stereocenters. The molecule has 2 aromatic heterocycles. The molecular formula is C23H21N3O3. The molecule has 29 heavy (non-hydrogen) atoms. The number of hydrogen-bond acceptors (Lipinski definition) is 4. The van der Waals surface area contributed by atoms with Crippen LogP contribution in [-0.2, 0) is 14.1 Å². The molecule has 0 aliphatic carbocycles. The lowest BCUT2D eigenvalue weighted by Crippen LogP contribution is -2.37. The van der Waals surface area contributed by atoms with Crippen molar-refractivity contribution in [3.8, 4) is 28.1 Å². The van der Waals surface area contributed by atoms with Gasteiger partial charge in [0.2, 0.25) is 0 Å². The first-order chi connectivity index (χ1) is 13.9. The fourth-order valence-electron chi connectivity index (χ4n) is 3.43. The van der Waals surface area contributed by atoms with Crippen molar-refractivity contribution in [1.29, 1.82) is 0 Å². The summed E-state index contributed by atoms with van der Waals surface area (Å²) in [6, 6.07) is 17.4. The highest BCUT2D eigenvalue weighted by Gasteiger charge is 2.17. The number of ether oxygens (including phenoxy) is 1. The minimum Gasteiger partial charge on any atom is -0.497 e. The number of hydrogen-bond donors (Lipinski definition) is 0. The van der Waals surface area contributed by atoms with Crippen LogP contribution in [0.4, 0.5) is 0 Å². The van der Waals surface area contributed by atoms with Gasteiger partial charge in [-0.15, -0.1) is 0 Å². The average Bonchev–Trinajstić information content (AvgIpc) is 2.76. The minimum absolute atomic E-state index is 0.354. The third-order valence-electron chi connectivity index (χ3n) is 5.16. The van der Waals surface area contributed by atoms with E-state index in [1.807, 2.05) is 61.5 Å². The summed E-state index contributed by atoms with van der Waals surface area (Å²) in [6.07, 6.45) is 0. The summed E-state index contributed by atoms with van der Waals surface area (Å²) < 4.78 is 7.77. The van der Waals surface area contributed by atoms with Gasteiger partial charge in [-0.3, -0.25) is 13.9 Å². The molecule has 0 saturated heterocycles. The maximum atomic E-state index is 13.0. The van der Waals surface area contributed by atoms with Crippen molar-refractivity contribution in [2.45, 2.75) is 6.92 Å². The van der Waals surface area contributed by atoms with Crippen LogP contribution in [0.3, 0.4) is 0 Å². The van der Waals surface area contributed by atoms with Crippen LogP contribution in [0.2, 0.25) is 0 Å². The summed E-state index contributed by atoms with van der Waals surface area (Å²) in [6.45, 7) is 2.01. The van der Waals surface area contributed by atoms with E-state index in [0.717, 1.165) is 32.6 Å². The number of methoxy groups -OCH3 is 1. The highest BCUT2D eigenvalue weighted by Crippen LogP contribution is 2.30. The molecule has 0 bridgehead atoms. The van der Waals surface area contributed by atoms with Crippen LogP contribution < -0.4 is 16.0 Å². The molecule has 0 saturated carbocycles. The van der Waals surface area contributed by atoms with Crippen molar-refractivity contribution in [1.82, 2.24) is 14.1 Å². The molecule has 4 aromatic rings. The smallest absolute Gasteiger partial charge is 0.332 e. The van der Waals surface area contributed by atoms with E-state index in [-0.39, 0.29) is 5.56 Å². The molecule has 0 aliphatic rings. The second-order valence-electron chi connectivity index (χ2n) is 7.05. The van der Waals surface area contributed by atoms with E-state index in [4.69, 9.17) is 4.74 Å². The third-order valence-corrected chi connectivity index (χ3v) is 5.16. The summed E-state index contributed by atoms with van der Waals surface area (Å²) >= 11 is 0. The molecule has 0 fully saturated rings.